The summed E-state index contributed by atoms with van der Waals surface area (Å²) >= 11 is 0. The van der Waals surface area contributed by atoms with E-state index in [9.17, 15) is 4.39 Å². The average Bonchev–Trinajstić information content (AvgIpc) is 2.53. The Labute approximate surface area is 131 Å². The van der Waals surface area contributed by atoms with Crippen LogP contribution in [0.5, 0.6) is 0 Å². The molecule has 0 bridgehead atoms. The summed E-state index contributed by atoms with van der Waals surface area (Å²) < 4.78 is 13.0. The summed E-state index contributed by atoms with van der Waals surface area (Å²) in [7, 11) is 0. The van der Waals surface area contributed by atoms with Crippen molar-refractivity contribution in [2.75, 3.05) is 36.8 Å². The van der Waals surface area contributed by atoms with Crippen LogP contribution in [0.4, 0.5) is 15.8 Å². The van der Waals surface area contributed by atoms with Gasteiger partial charge in [-0.05, 0) is 48.4 Å². The summed E-state index contributed by atoms with van der Waals surface area (Å²) in [6.07, 6.45) is 0. The van der Waals surface area contributed by atoms with Gasteiger partial charge in [-0.1, -0.05) is 12.1 Å². The molecule has 0 saturated carbocycles. The monoisotopic (exact) mass is 299 g/mol. The number of halogens is 1. The van der Waals surface area contributed by atoms with Crippen molar-refractivity contribution in [1.82, 2.24) is 4.90 Å². The van der Waals surface area contributed by atoms with Gasteiger partial charge in [-0.15, -0.1) is 0 Å². The van der Waals surface area contributed by atoms with Crippen molar-refractivity contribution in [1.29, 1.82) is 0 Å². The molecule has 116 valence electrons. The van der Waals surface area contributed by atoms with Crippen molar-refractivity contribution in [3.8, 4) is 0 Å². The summed E-state index contributed by atoms with van der Waals surface area (Å²) in [5, 5.41) is 0. The Morgan fingerprint density at radius 1 is 1.00 bits per heavy atom. The molecule has 4 heteroatoms. The highest BCUT2D eigenvalue weighted by Gasteiger charge is 2.17. The molecule has 0 aromatic heterocycles. The molecule has 1 saturated heterocycles. The Balaban J connectivity index is 1.57. The fourth-order valence-electron chi connectivity index (χ4n) is 2.86. The molecule has 1 heterocycles. The van der Waals surface area contributed by atoms with E-state index >= 15 is 0 Å². The molecule has 2 N–H and O–H groups in total. The molecular formula is C18H22FN3. The van der Waals surface area contributed by atoms with E-state index in [-0.39, 0.29) is 5.82 Å². The van der Waals surface area contributed by atoms with Crippen molar-refractivity contribution in [3.63, 3.8) is 0 Å². The van der Waals surface area contributed by atoms with Gasteiger partial charge in [0.25, 0.3) is 0 Å². The second-order valence-corrected chi connectivity index (χ2v) is 5.93. The Kier molecular flexibility index (Phi) is 4.29. The first-order chi connectivity index (χ1) is 10.6. The molecule has 0 spiro atoms. The van der Waals surface area contributed by atoms with Crippen LogP contribution in [0.2, 0.25) is 0 Å². The third kappa shape index (κ3) is 3.39. The lowest BCUT2D eigenvalue weighted by atomic mass is 10.1. The Hall–Kier alpha value is -2.07. The second-order valence-electron chi connectivity index (χ2n) is 5.93. The van der Waals surface area contributed by atoms with E-state index in [0.29, 0.717) is 0 Å². The molecule has 1 fully saturated rings. The van der Waals surface area contributed by atoms with Gasteiger partial charge in [0.2, 0.25) is 0 Å². The summed E-state index contributed by atoms with van der Waals surface area (Å²) in [5.41, 5.74) is 10.3. The number of aryl methyl sites for hydroxylation is 1. The molecule has 0 amide bonds. The number of hydrogen-bond acceptors (Lipinski definition) is 3. The zero-order chi connectivity index (χ0) is 15.5. The predicted octanol–water partition coefficient (Wildman–Crippen LogP) is 3.04. The van der Waals surface area contributed by atoms with Crippen LogP contribution < -0.4 is 10.6 Å². The van der Waals surface area contributed by atoms with Crippen molar-refractivity contribution >= 4 is 11.4 Å². The molecule has 22 heavy (non-hydrogen) atoms. The Morgan fingerprint density at radius 3 is 2.32 bits per heavy atom. The molecule has 0 unspecified atom stereocenters. The maximum Gasteiger partial charge on any atom is 0.123 e. The topological polar surface area (TPSA) is 32.5 Å². The third-order valence-electron chi connectivity index (χ3n) is 4.31. The highest BCUT2D eigenvalue weighted by Crippen LogP contribution is 2.19. The summed E-state index contributed by atoms with van der Waals surface area (Å²) in [4.78, 5) is 4.74. The van der Waals surface area contributed by atoms with E-state index in [2.05, 4.69) is 28.0 Å². The normalized spacial score (nSPS) is 16.0. The van der Waals surface area contributed by atoms with Crippen LogP contribution in [0.25, 0.3) is 0 Å². The van der Waals surface area contributed by atoms with Gasteiger partial charge in [0, 0.05) is 44.1 Å². The van der Waals surface area contributed by atoms with Crippen molar-refractivity contribution < 1.29 is 4.39 Å². The average molecular weight is 299 g/mol. The smallest absolute Gasteiger partial charge is 0.123 e. The van der Waals surface area contributed by atoms with Crippen LogP contribution in [0, 0.1) is 12.7 Å². The zero-order valence-electron chi connectivity index (χ0n) is 12.9. The van der Waals surface area contributed by atoms with E-state index in [4.69, 9.17) is 5.73 Å². The van der Waals surface area contributed by atoms with Crippen LogP contribution >= 0.6 is 0 Å². The highest BCUT2D eigenvalue weighted by molar-refractivity contribution is 5.48. The summed E-state index contributed by atoms with van der Waals surface area (Å²) in [5.74, 6) is -0.181. The highest BCUT2D eigenvalue weighted by atomic mass is 19.1. The van der Waals surface area contributed by atoms with Gasteiger partial charge in [-0.2, -0.15) is 0 Å². The number of nitrogen functional groups attached to an aromatic ring is 1. The number of rotatable bonds is 3. The van der Waals surface area contributed by atoms with E-state index in [1.165, 1.54) is 17.7 Å². The quantitative estimate of drug-likeness (QED) is 0.884. The van der Waals surface area contributed by atoms with E-state index in [0.717, 1.165) is 49.7 Å². The fourth-order valence-corrected chi connectivity index (χ4v) is 2.86. The van der Waals surface area contributed by atoms with Gasteiger partial charge >= 0.3 is 0 Å². The third-order valence-corrected chi connectivity index (χ3v) is 4.31. The van der Waals surface area contributed by atoms with Gasteiger partial charge < -0.3 is 10.6 Å². The first kappa shape index (κ1) is 14.9. The Morgan fingerprint density at radius 2 is 1.68 bits per heavy atom. The molecule has 0 radical (unpaired) electrons. The van der Waals surface area contributed by atoms with E-state index in [1.54, 1.807) is 0 Å². The first-order valence-corrected chi connectivity index (χ1v) is 7.70. The SMILES string of the molecule is Cc1ccc(CN2CCN(c3ccc(F)cc3)CC2)cc1N. The maximum absolute atomic E-state index is 13.0. The molecular weight excluding hydrogens is 277 g/mol. The van der Waals surface area contributed by atoms with Crippen LogP contribution in [0.1, 0.15) is 11.1 Å². The molecule has 2 aromatic rings. The lowest BCUT2D eigenvalue weighted by molar-refractivity contribution is 0.250. The van der Waals surface area contributed by atoms with Crippen LogP contribution in [0.15, 0.2) is 42.5 Å². The van der Waals surface area contributed by atoms with Crippen molar-refractivity contribution in [2.45, 2.75) is 13.5 Å². The molecule has 3 nitrogen and oxygen atoms in total. The van der Waals surface area contributed by atoms with Crippen LogP contribution in [0.3, 0.4) is 0 Å². The van der Waals surface area contributed by atoms with Crippen LogP contribution in [-0.4, -0.2) is 31.1 Å². The standard InChI is InChI=1S/C18H22FN3/c1-14-2-3-15(12-18(14)20)13-21-8-10-22(11-9-21)17-6-4-16(19)5-7-17/h2-7,12H,8-11,13,20H2,1H3. The fraction of sp³-hybridized carbons (Fsp3) is 0.333. The minimum absolute atomic E-state index is 0.181. The van der Waals surface area contributed by atoms with Gasteiger partial charge in [-0.3, -0.25) is 4.90 Å². The first-order valence-electron chi connectivity index (χ1n) is 7.70. The Bertz CT molecular complexity index is 631. The second kappa shape index (κ2) is 6.36. The largest absolute Gasteiger partial charge is 0.399 e. The number of piperazine rings is 1. The summed E-state index contributed by atoms with van der Waals surface area (Å²) in [6, 6.07) is 13.1. The van der Waals surface area contributed by atoms with E-state index < -0.39 is 0 Å². The lowest BCUT2D eigenvalue weighted by Crippen LogP contribution is -2.45. The van der Waals surface area contributed by atoms with Gasteiger partial charge in [0.15, 0.2) is 0 Å². The number of anilines is 2. The molecule has 0 atom stereocenters. The maximum atomic E-state index is 13.0. The van der Waals surface area contributed by atoms with Crippen molar-refractivity contribution in [2.24, 2.45) is 0 Å². The van der Waals surface area contributed by atoms with Gasteiger partial charge in [-0.25, -0.2) is 4.39 Å². The van der Waals surface area contributed by atoms with Gasteiger partial charge in [0.05, 0.1) is 0 Å². The van der Waals surface area contributed by atoms with E-state index in [1.807, 2.05) is 19.1 Å². The number of nitrogens with two attached hydrogens (primary N) is 1. The number of benzene rings is 2. The summed E-state index contributed by atoms with van der Waals surface area (Å²) in [6.45, 7) is 6.90. The predicted molar refractivity (Wildman–Crippen MR) is 89.5 cm³/mol. The van der Waals surface area contributed by atoms with Gasteiger partial charge in [0.1, 0.15) is 5.82 Å². The molecule has 0 aliphatic carbocycles. The minimum atomic E-state index is -0.181. The molecule has 3 rings (SSSR count). The molecule has 2 aromatic carbocycles. The minimum Gasteiger partial charge on any atom is -0.399 e. The molecule has 1 aliphatic rings. The number of nitrogens with zero attached hydrogens (tertiary/aromatic N) is 2. The lowest BCUT2D eigenvalue weighted by Gasteiger charge is -2.36. The number of hydrogen-bond donors (Lipinski definition) is 1. The zero-order valence-corrected chi connectivity index (χ0v) is 12.9. The molecule has 1 aliphatic heterocycles. The van der Waals surface area contributed by atoms with Crippen LogP contribution in [-0.2, 0) is 6.54 Å². The van der Waals surface area contributed by atoms with Crippen molar-refractivity contribution in [3.05, 3.63) is 59.4 Å².